The molecule has 136 valence electrons. The number of carbonyl (C=O) groups excluding carboxylic acids is 1. The van der Waals surface area contributed by atoms with Crippen molar-refractivity contribution >= 4 is 6.03 Å². The van der Waals surface area contributed by atoms with Gasteiger partial charge in [-0.05, 0) is 56.3 Å². The van der Waals surface area contributed by atoms with E-state index in [1.165, 1.54) is 58.0 Å². The number of ether oxygens (including phenoxy) is 1. The largest absolute Gasteiger partial charge is 0.383 e. The van der Waals surface area contributed by atoms with E-state index in [1.807, 2.05) is 7.11 Å². The number of hydrogen-bond acceptors (Lipinski definition) is 3. The van der Waals surface area contributed by atoms with Crippen molar-refractivity contribution in [1.82, 2.24) is 14.7 Å². The van der Waals surface area contributed by atoms with Gasteiger partial charge < -0.3 is 14.5 Å². The first-order valence-electron chi connectivity index (χ1n) is 9.96. The van der Waals surface area contributed by atoms with E-state index in [0.717, 1.165) is 38.7 Å². The molecule has 0 bridgehead atoms. The fourth-order valence-electron chi connectivity index (χ4n) is 5.10. The minimum Gasteiger partial charge on any atom is -0.383 e. The zero-order valence-corrected chi connectivity index (χ0v) is 15.2. The average Bonchev–Trinajstić information content (AvgIpc) is 3.11. The SMILES string of the molecule is COC[C@@H]1CC2(CCN(C(=O)N3CCCC3)CC2)CN1CC1CC1. The van der Waals surface area contributed by atoms with Gasteiger partial charge in [0.25, 0.3) is 0 Å². The lowest BCUT2D eigenvalue weighted by Crippen LogP contribution is -2.48. The number of methoxy groups -OCH3 is 1. The molecule has 0 aromatic carbocycles. The van der Waals surface area contributed by atoms with Gasteiger partial charge in [-0.3, -0.25) is 4.90 Å². The number of hydrogen-bond donors (Lipinski definition) is 0. The van der Waals surface area contributed by atoms with Crippen molar-refractivity contribution < 1.29 is 9.53 Å². The van der Waals surface area contributed by atoms with Gasteiger partial charge in [0.1, 0.15) is 0 Å². The maximum absolute atomic E-state index is 12.6. The average molecular weight is 335 g/mol. The zero-order valence-electron chi connectivity index (χ0n) is 15.2. The summed E-state index contributed by atoms with van der Waals surface area (Å²) in [5.74, 6) is 0.941. The lowest BCUT2D eigenvalue weighted by Gasteiger charge is -2.40. The molecule has 1 aliphatic carbocycles. The van der Waals surface area contributed by atoms with Crippen LogP contribution < -0.4 is 0 Å². The highest BCUT2D eigenvalue weighted by Crippen LogP contribution is 2.45. The number of amides is 2. The highest BCUT2D eigenvalue weighted by atomic mass is 16.5. The molecule has 1 spiro atoms. The van der Waals surface area contributed by atoms with E-state index in [2.05, 4.69) is 14.7 Å². The monoisotopic (exact) mass is 335 g/mol. The molecule has 4 aliphatic rings. The van der Waals surface area contributed by atoms with Crippen LogP contribution in [0.25, 0.3) is 0 Å². The molecule has 0 aromatic heterocycles. The molecule has 2 amide bonds. The summed E-state index contributed by atoms with van der Waals surface area (Å²) in [5.41, 5.74) is 0.430. The summed E-state index contributed by atoms with van der Waals surface area (Å²) < 4.78 is 5.51. The van der Waals surface area contributed by atoms with E-state index >= 15 is 0 Å². The third-order valence-electron chi connectivity index (χ3n) is 6.74. The standard InChI is InChI=1S/C19H33N3O2/c1-24-14-17-12-19(15-22(17)13-16-4-5-16)6-10-21(11-7-19)18(23)20-8-2-3-9-20/h16-17H,2-15H2,1H3/t17-/m0/s1. The molecule has 0 unspecified atom stereocenters. The van der Waals surface area contributed by atoms with Crippen LogP contribution in [0.15, 0.2) is 0 Å². The van der Waals surface area contributed by atoms with Crippen LogP contribution in [0.5, 0.6) is 0 Å². The van der Waals surface area contributed by atoms with Crippen molar-refractivity contribution in [2.75, 3.05) is 53.0 Å². The van der Waals surface area contributed by atoms with Crippen molar-refractivity contribution in [3.63, 3.8) is 0 Å². The Labute approximate surface area is 146 Å². The van der Waals surface area contributed by atoms with Gasteiger partial charge in [0.2, 0.25) is 0 Å². The minimum atomic E-state index is 0.295. The Morgan fingerprint density at radius 2 is 1.75 bits per heavy atom. The first kappa shape index (κ1) is 16.6. The van der Waals surface area contributed by atoms with Gasteiger partial charge in [-0.2, -0.15) is 0 Å². The second-order valence-corrected chi connectivity index (χ2v) is 8.65. The highest BCUT2D eigenvalue weighted by Gasteiger charge is 2.47. The maximum atomic E-state index is 12.6. The third kappa shape index (κ3) is 3.43. The molecule has 5 heteroatoms. The summed E-state index contributed by atoms with van der Waals surface area (Å²) in [4.78, 5) is 19.5. The smallest absolute Gasteiger partial charge is 0.319 e. The summed E-state index contributed by atoms with van der Waals surface area (Å²) in [6.07, 6.45) is 8.81. The van der Waals surface area contributed by atoms with Gasteiger partial charge in [0, 0.05) is 52.4 Å². The molecule has 3 aliphatic heterocycles. The van der Waals surface area contributed by atoms with Gasteiger partial charge in [0.15, 0.2) is 0 Å². The van der Waals surface area contributed by atoms with Crippen molar-refractivity contribution in [1.29, 1.82) is 0 Å². The number of rotatable bonds is 4. The Hall–Kier alpha value is -0.810. The number of piperidine rings is 1. The fraction of sp³-hybridized carbons (Fsp3) is 0.947. The van der Waals surface area contributed by atoms with E-state index in [0.29, 0.717) is 17.5 Å². The van der Waals surface area contributed by atoms with Gasteiger partial charge in [-0.25, -0.2) is 4.79 Å². The Morgan fingerprint density at radius 3 is 2.38 bits per heavy atom. The van der Waals surface area contributed by atoms with Crippen molar-refractivity contribution in [3.8, 4) is 0 Å². The molecular weight excluding hydrogens is 302 g/mol. The molecule has 3 saturated heterocycles. The Balaban J connectivity index is 1.34. The van der Waals surface area contributed by atoms with Crippen molar-refractivity contribution in [3.05, 3.63) is 0 Å². The summed E-state index contributed by atoms with van der Waals surface area (Å²) in [5, 5.41) is 0. The molecule has 3 heterocycles. The number of nitrogens with zero attached hydrogens (tertiary/aromatic N) is 3. The van der Waals surface area contributed by atoms with Crippen LogP contribution in [0.3, 0.4) is 0 Å². The second kappa shape index (κ2) is 6.83. The predicted molar refractivity (Wildman–Crippen MR) is 94.0 cm³/mol. The first-order chi connectivity index (χ1) is 11.7. The molecule has 24 heavy (non-hydrogen) atoms. The second-order valence-electron chi connectivity index (χ2n) is 8.65. The van der Waals surface area contributed by atoms with Gasteiger partial charge in [-0.1, -0.05) is 0 Å². The van der Waals surface area contributed by atoms with Crippen LogP contribution >= 0.6 is 0 Å². The third-order valence-corrected chi connectivity index (χ3v) is 6.74. The summed E-state index contributed by atoms with van der Waals surface area (Å²) in [6, 6.07) is 0.889. The summed E-state index contributed by atoms with van der Waals surface area (Å²) in [7, 11) is 1.83. The van der Waals surface area contributed by atoms with E-state index in [1.54, 1.807) is 0 Å². The quantitative estimate of drug-likeness (QED) is 0.791. The van der Waals surface area contributed by atoms with Gasteiger partial charge in [0.05, 0.1) is 6.61 Å². The van der Waals surface area contributed by atoms with Crippen LogP contribution in [0, 0.1) is 11.3 Å². The van der Waals surface area contributed by atoms with Crippen molar-refractivity contribution in [2.45, 2.75) is 51.0 Å². The molecule has 0 radical (unpaired) electrons. The Morgan fingerprint density at radius 1 is 1.08 bits per heavy atom. The summed E-state index contributed by atoms with van der Waals surface area (Å²) >= 11 is 0. The predicted octanol–water partition coefficient (Wildman–Crippen LogP) is 2.42. The highest BCUT2D eigenvalue weighted by molar-refractivity contribution is 5.74. The molecular formula is C19H33N3O2. The topological polar surface area (TPSA) is 36.0 Å². The van der Waals surface area contributed by atoms with Gasteiger partial charge >= 0.3 is 6.03 Å². The van der Waals surface area contributed by atoms with E-state index in [-0.39, 0.29) is 0 Å². The van der Waals surface area contributed by atoms with Crippen molar-refractivity contribution in [2.24, 2.45) is 11.3 Å². The number of likely N-dealkylation sites (tertiary alicyclic amines) is 3. The molecule has 4 fully saturated rings. The molecule has 0 N–H and O–H groups in total. The maximum Gasteiger partial charge on any atom is 0.319 e. The van der Waals surface area contributed by atoms with E-state index < -0.39 is 0 Å². The molecule has 4 rings (SSSR count). The van der Waals surface area contributed by atoms with E-state index in [4.69, 9.17) is 4.74 Å². The van der Waals surface area contributed by atoms with E-state index in [9.17, 15) is 4.79 Å². The van der Waals surface area contributed by atoms with Crippen LogP contribution in [-0.4, -0.2) is 79.8 Å². The van der Waals surface area contributed by atoms with Crippen LogP contribution in [-0.2, 0) is 4.74 Å². The zero-order chi connectivity index (χ0) is 16.6. The molecule has 1 atom stereocenters. The van der Waals surface area contributed by atoms with Crippen LogP contribution in [0.4, 0.5) is 4.79 Å². The molecule has 5 nitrogen and oxygen atoms in total. The molecule has 0 aromatic rings. The minimum absolute atomic E-state index is 0.295. The van der Waals surface area contributed by atoms with Crippen LogP contribution in [0.2, 0.25) is 0 Å². The number of urea groups is 1. The lowest BCUT2D eigenvalue weighted by molar-refractivity contribution is 0.102. The normalized spacial score (nSPS) is 30.5. The Bertz CT molecular complexity index is 452. The van der Waals surface area contributed by atoms with Gasteiger partial charge in [-0.15, -0.1) is 0 Å². The van der Waals surface area contributed by atoms with Crippen LogP contribution in [0.1, 0.15) is 44.9 Å². The fourth-order valence-corrected chi connectivity index (χ4v) is 5.10. The summed E-state index contributed by atoms with van der Waals surface area (Å²) in [6.45, 7) is 7.19. The lowest BCUT2D eigenvalue weighted by atomic mass is 9.76. The molecule has 1 saturated carbocycles. The Kier molecular flexibility index (Phi) is 4.74. The number of carbonyl (C=O) groups is 1. The first-order valence-corrected chi connectivity index (χ1v) is 9.96.